The third-order valence-corrected chi connectivity index (χ3v) is 4.63. The molecule has 4 rings (SSSR count). The van der Waals surface area contributed by atoms with Gasteiger partial charge in [-0.25, -0.2) is 4.79 Å². The fourth-order valence-electron chi connectivity index (χ4n) is 3.09. The second kappa shape index (κ2) is 9.21. The lowest BCUT2D eigenvalue weighted by Gasteiger charge is -2.15. The van der Waals surface area contributed by atoms with Gasteiger partial charge in [-0.1, -0.05) is 48.5 Å². The summed E-state index contributed by atoms with van der Waals surface area (Å²) in [7, 11) is 0. The van der Waals surface area contributed by atoms with Crippen molar-refractivity contribution in [2.45, 2.75) is 13.0 Å². The highest BCUT2D eigenvalue weighted by molar-refractivity contribution is 5.95. The maximum absolute atomic E-state index is 12.4. The number of carbonyl (C=O) groups excluding carboxylic acids is 2. The van der Waals surface area contributed by atoms with Gasteiger partial charge < -0.3 is 24.3 Å². The molecule has 1 heterocycles. The minimum atomic E-state index is -0.995. The fourth-order valence-corrected chi connectivity index (χ4v) is 3.09. The Morgan fingerprint density at radius 2 is 1.71 bits per heavy atom. The molecular weight excluding hydrogens is 398 g/mol. The summed E-state index contributed by atoms with van der Waals surface area (Å²) in [5.41, 5.74) is 2.36. The van der Waals surface area contributed by atoms with E-state index < -0.39 is 18.0 Å². The van der Waals surface area contributed by atoms with Crippen molar-refractivity contribution in [1.29, 1.82) is 0 Å². The molecular formula is C24H21NO6. The van der Waals surface area contributed by atoms with Crippen molar-refractivity contribution in [2.75, 3.05) is 18.7 Å². The highest BCUT2D eigenvalue weighted by Crippen LogP contribution is 2.34. The van der Waals surface area contributed by atoms with Crippen LogP contribution in [0.4, 0.5) is 5.69 Å². The van der Waals surface area contributed by atoms with Crippen LogP contribution in [0.15, 0.2) is 72.8 Å². The Labute approximate surface area is 179 Å². The van der Waals surface area contributed by atoms with Crippen molar-refractivity contribution in [3.05, 3.63) is 72.8 Å². The molecule has 3 aromatic rings. The molecule has 0 bridgehead atoms. The average Bonchev–Trinajstić information content (AvgIpc) is 3.26. The molecule has 7 nitrogen and oxygen atoms in total. The molecule has 0 saturated carbocycles. The summed E-state index contributed by atoms with van der Waals surface area (Å²) >= 11 is 0. The van der Waals surface area contributed by atoms with Gasteiger partial charge in [-0.3, -0.25) is 4.79 Å². The van der Waals surface area contributed by atoms with E-state index in [2.05, 4.69) is 5.32 Å². The van der Waals surface area contributed by atoms with Crippen molar-refractivity contribution in [3.8, 4) is 28.4 Å². The Balaban J connectivity index is 1.31. The molecule has 1 atom stereocenters. The maximum Gasteiger partial charge on any atom is 0.344 e. The molecule has 31 heavy (non-hydrogen) atoms. The highest BCUT2D eigenvalue weighted by Gasteiger charge is 2.20. The molecule has 0 spiro atoms. The molecule has 0 fully saturated rings. The summed E-state index contributed by atoms with van der Waals surface area (Å²) in [6, 6.07) is 22.2. The van der Waals surface area contributed by atoms with Gasteiger partial charge >= 0.3 is 5.97 Å². The summed E-state index contributed by atoms with van der Waals surface area (Å²) in [4.78, 5) is 24.6. The molecule has 0 saturated heterocycles. The molecule has 0 aromatic heterocycles. The smallest absolute Gasteiger partial charge is 0.344 e. The second-order valence-corrected chi connectivity index (χ2v) is 6.84. The van der Waals surface area contributed by atoms with Crippen LogP contribution < -0.4 is 19.5 Å². The lowest BCUT2D eigenvalue weighted by atomic mass is 10.1. The Hall–Kier alpha value is -4.00. The van der Waals surface area contributed by atoms with Crippen LogP contribution in [0.3, 0.4) is 0 Å². The summed E-state index contributed by atoms with van der Waals surface area (Å²) < 4.78 is 21.4. The third-order valence-electron chi connectivity index (χ3n) is 4.63. The predicted octanol–water partition coefficient (Wildman–Crippen LogP) is 4.03. The van der Waals surface area contributed by atoms with Crippen LogP contribution in [-0.4, -0.2) is 31.4 Å². The topological polar surface area (TPSA) is 83.1 Å². The average molecular weight is 419 g/mol. The van der Waals surface area contributed by atoms with E-state index >= 15 is 0 Å². The minimum absolute atomic E-state index is 0.147. The SMILES string of the molecule is CC(OC(=O)COc1ccccc1-c1ccccc1)C(=O)Nc1ccc2c(c1)OCO2. The molecule has 1 N–H and O–H groups in total. The van der Waals surface area contributed by atoms with Gasteiger partial charge in [-0.05, 0) is 30.7 Å². The van der Waals surface area contributed by atoms with Gasteiger partial charge in [0.15, 0.2) is 24.2 Å². The Bertz CT molecular complexity index is 1080. The summed E-state index contributed by atoms with van der Waals surface area (Å²) in [5, 5.41) is 2.69. The third kappa shape index (κ3) is 4.95. The molecule has 1 amide bonds. The van der Waals surface area contributed by atoms with Gasteiger partial charge in [0.25, 0.3) is 5.91 Å². The van der Waals surface area contributed by atoms with Gasteiger partial charge in [0.2, 0.25) is 6.79 Å². The number of benzene rings is 3. The van der Waals surface area contributed by atoms with E-state index in [9.17, 15) is 9.59 Å². The number of anilines is 1. The van der Waals surface area contributed by atoms with Crippen molar-refractivity contribution in [3.63, 3.8) is 0 Å². The molecule has 0 aliphatic carbocycles. The number of fused-ring (bicyclic) bond motifs is 1. The van der Waals surface area contributed by atoms with Gasteiger partial charge in [0.05, 0.1) is 0 Å². The van der Waals surface area contributed by atoms with E-state index in [1.807, 2.05) is 48.5 Å². The molecule has 7 heteroatoms. The zero-order valence-corrected chi connectivity index (χ0v) is 16.9. The molecule has 3 aromatic carbocycles. The quantitative estimate of drug-likeness (QED) is 0.582. The van der Waals surface area contributed by atoms with Gasteiger partial charge in [0.1, 0.15) is 5.75 Å². The van der Waals surface area contributed by atoms with Crippen LogP contribution >= 0.6 is 0 Å². The fraction of sp³-hybridized carbons (Fsp3) is 0.167. The molecule has 158 valence electrons. The number of hydrogen-bond donors (Lipinski definition) is 1. The number of esters is 1. The van der Waals surface area contributed by atoms with Crippen molar-refractivity contribution < 1.29 is 28.5 Å². The molecule has 1 unspecified atom stereocenters. The number of nitrogens with one attached hydrogen (secondary N) is 1. The molecule has 1 aliphatic rings. The van der Waals surface area contributed by atoms with E-state index in [0.717, 1.165) is 11.1 Å². The van der Waals surface area contributed by atoms with Gasteiger partial charge in [-0.2, -0.15) is 0 Å². The van der Waals surface area contributed by atoms with Crippen LogP contribution in [0.2, 0.25) is 0 Å². The lowest BCUT2D eigenvalue weighted by molar-refractivity contribution is -0.155. The highest BCUT2D eigenvalue weighted by atomic mass is 16.7. The normalized spacial score (nSPS) is 12.7. The first kappa shape index (κ1) is 20.3. The van der Waals surface area contributed by atoms with Crippen LogP contribution in [0.25, 0.3) is 11.1 Å². The zero-order valence-electron chi connectivity index (χ0n) is 16.9. The summed E-state index contributed by atoms with van der Waals surface area (Å²) in [6.45, 7) is 1.33. The maximum atomic E-state index is 12.4. The zero-order chi connectivity index (χ0) is 21.6. The van der Waals surface area contributed by atoms with Crippen molar-refractivity contribution in [2.24, 2.45) is 0 Å². The first-order valence-corrected chi connectivity index (χ1v) is 9.77. The number of rotatable bonds is 7. The molecule has 0 radical (unpaired) electrons. The van der Waals surface area contributed by atoms with Crippen LogP contribution in [-0.2, 0) is 14.3 Å². The predicted molar refractivity (Wildman–Crippen MR) is 114 cm³/mol. The Morgan fingerprint density at radius 1 is 0.968 bits per heavy atom. The number of carbonyl (C=O) groups is 2. The van der Waals surface area contributed by atoms with E-state index in [1.165, 1.54) is 6.92 Å². The van der Waals surface area contributed by atoms with E-state index in [4.69, 9.17) is 18.9 Å². The second-order valence-electron chi connectivity index (χ2n) is 6.84. The van der Waals surface area contributed by atoms with Gasteiger partial charge in [-0.15, -0.1) is 0 Å². The standard InChI is InChI=1S/C24H21NO6/c1-16(24(27)25-18-11-12-21-22(13-18)30-15-29-21)31-23(26)14-28-20-10-6-5-9-19(20)17-7-3-2-4-8-17/h2-13,16H,14-15H2,1H3,(H,25,27). The number of ether oxygens (including phenoxy) is 4. The lowest BCUT2D eigenvalue weighted by Crippen LogP contribution is -2.31. The Kier molecular flexibility index (Phi) is 6.03. The molecule has 1 aliphatic heterocycles. The first-order valence-electron chi connectivity index (χ1n) is 9.77. The van der Waals surface area contributed by atoms with Gasteiger partial charge in [0, 0.05) is 17.3 Å². The number of para-hydroxylation sites is 1. The van der Waals surface area contributed by atoms with E-state index in [-0.39, 0.29) is 13.4 Å². The van der Waals surface area contributed by atoms with Crippen LogP contribution in [0.1, 0.15) is 6.92 Å². The summed E-state index contributed by atoms with van der Waals surface area (Å²) in [6.07, 6.45) is -0.995. The minimum Gasteiger partial charge on any atom is -0.481 e. The van der Waals surface area contributed by atoms with Crippen molar-refractivity contribution >= 4 is 17.6 Å². The van der Waals surface area contributed by atoms with E-state index in [1.54, 1.807) is 24.3 Å². The van der Waals surface area contributed by atoms with Crippen LogP contribution in [0.5, 0.6) is 17.2 Å². The number of hydrogen-bond acceptors (Lipinski definition) is 6. The summed E-state index contributed by atoms with van der Waals surface area (Å²) in [5.74, 6) is 0.620. The number of amides is 1. The van der Waals surface area contributed by atoms with Crippen molar-refractivity contribution in [1.82, 2.24) is 0 Å². The van der Waals surface area contributed by atoms with E-state index in [0.29, 0.717) is 22.9 Å². The van der Waals surface area contributed by atoms with Crippen LogP contribution in [0, 0.1) is 0 Å². The Morgan fingerprint density at radius 3 is 2.55 bits per heavy atom. The largest absolute Gasteiger partial charge is 0.481 e. The first-order chi connectivity index (χ1) is 15.1. The monoisotopic (exact) mass is 419 g/mol.